The third-order valence-electron chi connectivity index (χ3n) is 2.70. The summed E-state index contributed by atoms with van der Waals surface area (Å²) in [7, 11) is 1.63. The van der Waals surface area contributed by atoms with E-state index < -0.39 is 17.7 Å². The molecule has 0 aliphatic heterocycles. The Morgan fingerprint density at radius 2 is 1.95 bits per heavy atom. The number of hydrogen-bond acceptors (Lipinski definition) is 2. The molecular weight excluding hydrogens is 273 g/mol. The first kappa shape index (κ1) is 16.9. The molecule has 0 atom stereocenters. The number of carboxylic acids is 1. The normalized spacial score (nSPS) is 11.7. The fourth-order valence-corrected chi connectivity index (χ4v) is 1.96. The molecule has 1 amide bonds. The minimum Gasteiger partial charge on any atom is -0.478 e. The first-order valence-corrected chi connectivity index (χ1v) is 6.56. The second-order valence-electron chi connectivity index (χ2n) is 6.13. The Morgan fingerprint density at radius 1 is 1.33 bits per heavy atom. The molecule has 0 aliphatic rings. The van der Waals surface area contributed by atoms with Gasteiger partial charge in [0.25, 0.3) is 5.91 Å². The van der Waals surface area contributed by atoms with E-state index in [0.717, 1.165) is 12.1 Å². The summed E-state index contributed by atoms with van der Waals surface area (Å²) in [6, 6.07) is 4.04. The van der Waals surface area contributed by atoms with Crippen molar-refractivity contribution in [3.63, 3.8) is 0 Å². The second-order valence-corrected chi connectivity index (χ2v) is 6.13. The van der Waals surface area contributed by atoms with Crippen LogP contribution in [0.1, 0.15) is 36.7 Å². The van der Waals surface area contributed by atoms with Crippen LogP contribution in [0.3, 0.4) is 0 Å². The van der Waals surface area contributed by atoms with Crippen molar-refractivity contribution in [2.45, 2.75) is 20.8 Å². The van der Waals surface area contributed by atoms with Crippen LogP contribution in [0, 0.1) is 11.2 Å². The fourth-order valence-electron chi connectivity index (χ4n) is 1.96. The van der Waals surface area contributed by atoms with Gasteiger partial charge in [-0.05, 0) is 29.2 Å². The van der Waals surface area contributed by atoms with Crippen molar-refractivity contribution in [1.82, 2.24) is 4.90 Å². The van der Waals surface area contributed by atoms with Crippen LogP contribution in [0.2, 0.25) is 0 Å². The molecule has 0 unspecified atom stereocenters. The lowest BCUT2D eigenvalue weighted by molar-refractivity contribution is -0.131. The number of carboxylic acid groups (broad SMARTS) is 1. The second kappa shape index (κ2) is 6.52. The number of rotatable bonds is 4. The van der Waals surface area contributed by atoms with Gasteiger partial charge in [0.1, 0.15) is 5.82 Å². The molecule has 0 radical (unpaired) electrons. The highest BCUT2D eigenvalue weighted by atomic mass is 19.1. The van der Waals surface area contributed by atoms with Crippen molar-refractivity contribution in [2.75, 3.05) is 13.6 Å². The van der Waals surface area contributed by atoms with Crippen LogP contribution >= 0.6 is 0 Å². The van der Waals surface area contributed by atoms with Gasteiger partial charge in [0.2, 0.25) is 0 Å². The zero-order chi connectivity index (χ0) is 16.2. The Labute approximate surface area is 123 Å². The molecule has 0 fully saturated rings. The third-order valence-corrected chi connectivity index (χ3v) is 2.70. The van der Waals surface area contributed by atoms with E-state index in [-0.39, 0.29) is 11.0 Å². The molecule has 5 heteroatoms. The molecule has 114 valence electrons. The van der Waals surface area contributed by atoms with E-state index in [1.54, 1.807) is 7.05 Å². The maximum atomic E-state index is 14.0. The third kappa shape index (κ3) is 5.38. The van der Waals surface area contributed by atoms with Crippen LogP contribution in [0.15, 0.2) is 24.3 Å². The smallest absolute Gasteiger partial charge is 0.328 e. The maximum absolute atomic E-state index is 14.0. The van der Waals surface area contributed by atoms with Crippen molar-refractivity contribution in [3.05, 3.63) is 41.2 Å². The molecule has 0 heterocycles. The van der Waals surface area contributed by atoms with Crippen LogP contribution < -0.4 is 0 Å². The largest absolute Gasteiger partial charge is 0.478 e. The highest BCUT2D eigenvalue weighted by molar-refractivity contribution is 5.94. The van der Waals surface area contributed by atoms with E-state index in [0.29, 0.717) is 12.1 Å². The van der Waals surface area contributed by atoms with Crippen molar-refractivity contribution >= 4 is 18.0 Å². The Bertz CT molecular complexity index is 573. The van der Waals surface area contributed by atoms with E-state index in [4.69, 9.17) is 5.11 Å². The highest BCUT2D eigenvalue weighted by Gasteiger charge is 2.21. The summed E-state index contributed by atoms with van der Waals surface area (Å²) in [5.41, 5.74) is 0.296. The van der Waals surface area contributed by atoms with E-state index in [2.05, 4.69) is 0 Å². The predicted octanol–water partition coefficient (Wildman–Crippen LogP) is 3.04. The molecular formula is C16H20FNO3. The van der Waals surface area contributed by atoms with Crippen LogP contribution in [0.25, 0.3) is 6.08 Å². The lowest BCUT2D eigenvalue weighted by atomic mass is 9.96. The minimum atomic E-state index is -1.11. The average Bonchev–Trinajstić information content (AvgIpc) is 2.33. The lowest BCUT2D eigenvalue weighted by Gasteiger charge is -2.26. The van der Waals surface area contributed by atoms with Gasteiger partial charge in [-0.3, -0.25) is 4.79 Å². The molecule has 0 saturated heterocycles. The van der Waals surface area contributed by atoms with Crippen molar-refractivity contribution in [3.8, 4) is 0 Å². The molecule has 0 bridgehead atoms. The van der Waals surface area contributed by atoms with Gasteiger partial charge >= 0.3 is 5.97 Å². The zero-order valence-electron chi connectivity index (χ0n) is 12.7. The highest BCUT2D eigenvalue weighted by Crippen LogP contribution is 2.18. The quantitative estimate of drug-likeness (QED) is 0.868. The molecule has 0 aliphatic carbocycles. The molecule has 1 aromatic rings. The number of hydrogen-bond donors (Lipinski definition) is 1. The average molecular weight is 293 g/mol. The van der Waals surface area contributed by atoms with Gasteiger partial charge in [-0.1, -0.05) is 26.8 Å². The summed E-state index contributed by atoms with van der Waals surface area (Å²) in [6.45, 7) is 6.48. The van der Waals surface area contributed by atoms with Crippen LogP contribution in [0.4, 0.5) is 4.39 Å². The van der Waals surface area contributed by atoms with Gasteiger partial charge in [0.05, 0.1) is 5.56 Å². The molecule has 21 heavy (non-hydrogen) atoms. The van der Waals surface area contributed by atoms with E-state index >= 15 is 0 Å². The van der Waals surface area contributed by atoms with Crippen LogP contribution in [0.5, 0.6) is 0 Å². The van der Waals surface area contributed by atoms with Crippen molar-refractivity contribution in [2.24, 2.45) is 5.41 Å². The molecule has 1 N–H and O–H groups in total. The summed E-state index contributed by atoms with van der Waals surface area (Å²) >= 11 is 0. The maximum Gasteiger partial charge on any atom is 0.328 e. The molecule has 4 nitrogen and oxygen atoms in total. The first-order chi connectivity index (χ1) is 9.60. The van der Waals surface area contributed by atoms with Crippen LogP contribution in [-0.4, -0.2) is 35.5 Å². The van der Waals surface area contributed by atoms with Crippen molar-refractivity contribution < 1.29 is 19.1 Å². The van der Waals surface area contributed by atoms with Gasteiger partial charge in [0.15, 0.2) is 0 Å². The Hall–Kier alpha value is -2.17. The number of nitrogens with zero attached hydrogens (tertiary/aromatic N) is 1. The summed E-state index contributed by atoms with van der Waals surface area (Å²) in [5.74, 6) is -2.16. The molecule has 1 aromatic carbocycles. The van der Waals surface area contributed by atoms with E-state index in [1.165, 1.54) is 23.1 Å². The fraction of sp³-hybridized carbons (Fsp3) is 0.375. The first-order valence-electron chi connectivity index (χ1n) is 6.56. The summed E-state index contributed by atoms with van der Waals surface area (Å²) in [4.78, 5) is 24.1. The predicted molar refractivity (Wildman–Crippen MR) is 79.5 cm³/mol. The Morgan fingerprint density at radius 3 is 2.43 bits per heavy atom. The number of aliphatic carboxylic acids is 1. The lowest BCUT2D eigenvalue weighted by Crippen LogP contribution is -2.34. The van der Waals surface area contributed by atoms with Gasteiger partial charge < -0.3 is 10.0 Å². The van der Waals surface area contributed by atoms with E-state index in [9.17, 15) is 14.0 Å². The summed E-state index contributed by atoms with van der Waals surface area (Å²) < 4.78 is 14.0. The van der Waals surface area contributed by atoms with Crippen molar-refractivity contribution in [1.29, 1.82) is 0 Å². The molecule has 0 spiro atoms. The molecule has 0 aromatic heterocycles. The van der Waals surface area contributed by atoms with Gasteiger partial charge in [-0.25, -0.2) is 9.18 Å². The topological polar surface area (TPSA) is 57.6 Å². The Kier molecular flexibility index (Phi) is 5.24. The van der Waals surface area contributed by atoms with Gasteiger partial charge in [0, 0.05) is 19.7 Å². The van der Waals surface area contributed by atoms with E-state index in [1.807, 2.05) is 20.8 Å². The zero-order valence-corrected chi connectivity index (χ0v) is 12.7. The van der Waals surface area contributed by atoms with Crippen LogP contribution in [-0.2, 0) is 4.79 Å². The summed E-state index contributed by atoms with van der Waals surface area (Å²) in [5, 5.41) is 8.53. The number of carbonyl (C=O) groups excluding carboxylic acids is 1. The minimum absolute atomic E-state index is 0.0192. The monoisotopic (exact) mass is 293 g/mol. The number of carbonyl (C=O) groups is 2. The standard InChI is InChI=1S/C16H20FNO3/c1-16(2,3)10-18(4)15(21)12-7-5-11(9-13(12)17)6-8-14(19)20/h5-9H,10H2,1-4H3,(H,19,20). The van der Waals surface area contributed by atoms with Gasteiger partial charge in [-0.15, -0.1) is 0 Å². The number of benzene rings is 1. The number of amides is 1. The summed E-state index contributed by atoms with van der Waals surface area (Å²) in [6.07, 6.45) is 2.19. The van der Waals surface area contributed by atoms with Gasteiger partial charge in [-0.2, -0.15) is 0 Å². The molecule has 1 rings (SSSR count). The molecule has 0 saturated carbocycles. The SMILES string of the molecule is CN(CC(C)(C)C)C(=O)c1ccc(C=CC(=O)O)cc1F. The Balaban J connectivity index is 2.94. The number of halogens is 1.